The average Bonchev–Trinajstić information content (AvgIpc) is 2.68. The standard InChI is InChI=1S/C19H18Cl2N4S/c20-16-6-5-14(11-17(16)21)13-23-19(26)25-9-7-24(8-10-25)18-4-2-1-3-15(18)12-22/h1-6,11H,7-10,13H2,(H,23,26). The monoisotopic (exact) mass is 404 g/mol. The second kappa shape index (κ2) is 8.59. The summed E-state index contributed by atoms with van der Waals surface area (Å²) in [4.78, 5) is 4.38. The van der Waals surface area contributed by atoms with Crippen molar-refractivity contribution in [2.24, 2.45) is 0 Å². The van der Waals surface area contributed by atoms with Gasteiger partial charge in [-0.3, -0.25) is 0 Å². The quantitative estimate of drug-likeness (QED) is 0.781. The van der Waals surface area contributed by atoms with Crippen molar-refractivity contribution in [2.75, 3.05) is 31.1 Å². The van der Waals surface area contributed by atoms with Crippen molar-refractivity contribution in [3.05, 3.63) is 63.6 Å². The fourth-order valence-electron chi connectivity index (χ4n) is 2.93. The molecule has 0 atom stereocenters. The molecular formula is C19H18Cl2N4S. The molecule has 1 N–H and O–H groups in total. The Morgan fingerprint density at radius 1 is 1.08 bits per heavy atom. The second-order valence-corrected chi connectivity index (χ2v) is 7.21. The van der Waals surface area contributed by atoms with Gasteiger partial charge in [0.05, 0.1) is 21.3 Å². The molecule has 1 fully saturated rings. The first kappa shape index (κ1) is 18.8. The van der Waals surface area contributed by atoms with E-state index in [1.54, 1.807) is 6.07 Å². The van der Waals surface area contributed by atoms with Crippen LogP contribution in [0.25, 0.3) is 0 Å². The first-order valence-electron chi connectivity index (χ1n) is 8.29. The molecule has 134 valence electrons. The van der Waals surface area contributed by atoms with E-state index in [-0.39, 0.29) is 0 Å². The molecule has 1 aliphatic heterocycles. The molecule has 3 rings (SSSR count). The zero-order valence-corrected chi connectivity index (χ0v) is 16.4. The minimum absolute atomic E-state index is 0.543. The average molecular weight is 405 g/mol. The summed E-state index contributed by atoms with van der Waals surface area (Å²) < 4.78 is 0. The lowest BCUT2D eigenvalue weighted by Crippen LogP contribution is -2.51. The van der Waals surface area contributed by atoms with E-state index < -0.39 is 0 Å². The molecule has 0 amide bonds. The normalized spacial score (nSPS) is 14.0. The van der Waals surface area contributed by atoms with Gasteiger partial charge in [-0.1, -0.05) is 41.4 Å². The number of nitrogens with zero attached hydrogens (tertiary/aromatic N) is 3. The number of hydrogen-bond acceptors (Lipinski definition) is 3. The molecule has 0 aliphatic carbocycles. The number of piperazine rings is 1. The van der Waals surface area contributed by atoms with Gasteiger partial charge in [-0.05, 0) is 42.0 Å². The smallest absolute Gasteiger partial charge is 0.169 e. The lowest BCUT2D eigenvalue weighted by atomic mass is 10.1. The van der Waals surface area contributed by atoms with E-state index in [1.165, 1.54) is 0 Å². The highest BCUT2D eigenvalue weighted by atomic mass is 35.5. The highest BCUT2D eigenvalue weighted by Crippen LogP contribution is 2.23. The van der Waals surface area contributed by atoms with Gasteiger partial charge in [-0.25, -0.2) is 0 Å². The third-order valence-electron chi connectivity index (χ3n) is 4.36. The first-order valence-corrected chi connectivity index (χ1v) is 9.45. The van der Waals surface area contributed by atoms with Gasteiger partial charge in [0.15, 0.2) is 5.11 Å². The third-order valence-corrected chi connectivity index (χ3v) is 5.50. The molecule has 0 aromatic heterocycles. The van der Waals surface area contributed by atoms with Gasteiger partial charge in [0, 0.05) is 32.7 Å². The largest absolute Gasteiger partial charge is 0.367 e. The number of halogens is 2. The molecule has 0 bridgehead atoms. The van der Waals surface area contributed by atoms with Crippen molar-refractivity contribution >= 4 is 46.2 Å². The fourth-order valence-corrected chi connectivity index (χ4v) is 3.51. The van der Waals surface area contributed by atoms with Crippen LogP contribution in [0.4, 0.5) is 5.69 Å². The number of benzene rings is 2. The van der Waals surface area contributed by atoms with Crippen LogP contribution in [-0.4, -0.2) is 36.2 Å². The molecule has 0 saturated carbocycles. The predicted molar refractivity (Wildman–Crippen MR) is 111 cm³/mol. The summed E-state index contributed by atoms with van der Waals surface area (Å²) in [7, 11) is 0. The van der Waals surface area contributed by atoms with Gasteiger partial charge in [-0.2, -0.15) is 5.26 Å². The number of rotatable bonds is 3. The number of nitrogens with one attached hydrogen (secondary N) is 1. The van der Waals surface area contributed by atoms with Crippen molar-refractivity contribution < 1.29 is 0 Å². The Kier molecular flexibility index (Phi) is 6.20. The molecule has 2 aromatic rings. The molecule has 1 saturated heterocycles. The maximum absolute atomic E-state index is 9.27. The highest BCUT2D eigenvalue weighted by molar-refractivity contribution is 7.80. The zero-order valence-electron chi connectivity index (χ0n) is 14.1. The van der Waals surface area contributed by atoms with E-state index in [0.29, 0.717) is 22.2 Å². The van der Waals surface area contributed by atoms with E-state index >= 15 is 0 Å². The van der Waals surface area contributed by atoms with E-state index in [9.17, 15) is 5.26 Å². The molecule has 0 radical (unpaired) electrons. The van der Waals surface area contributed by atoms with Crippen LogP contribution in [0.5, 0.6) is 0 Å². The highest BCUT2D eigenvalue weighted by Gasteiger charge is 2.20. The SMILES string of the molecule is N#Cc1ccccc1N1CCN(C(=S)NCc2ccc(Cl)c(Cl)c2)CC1. The van der Waals surface area contributed by atoms with Crippen molar-refractivity contribution in [1.29, 1.82) is 5.26 Å². The van der Waals surface area contributed by atoms with Crippen LogP contribution in [0.15, 0.2) is 42.5 Å². The van der Waals surface area contributed by atoms with Crippen LogP contribution in [0.2, 0.25) is 10.0 Å². The van der Waals surface area contributed by atoms with Gasteiger partial charge in [-0.15, -0.1) is 0 Å². The van der Waals surface area contributed by atoms with Crippen molar-refractivity contribution in [3.63, 3.8) is 0 Å². The summed E-state index contributed by atoms with van der Waals surface area (Å²) in [6.07, 6.45) is 0. The Morgan fingerprint density at radius 3 is 2.50 bits per heavy atom. The van der Waals surface area contributed by atoms with Gasteiger partial charge in [0.1, 0.15) is 6.07 Å². The lowest BCUT2D eigenvalue weighted by Gasteiger charge is -2.37. The Hall–Kier alpha value is -2.00. The summed E-state index contributed by atoms with van der Waals surface area (Å²) in [5, 5.41) is 14.4. The van der Waals surface area contributed by atoms with Crippen LogP contribution >= 0.6 is 35.4 Å². The van der Waals surface area contributed by atoms with Crippen LogP contribution < -0.4 is 10.2 Å². The second-order valence-electron chi connectivity index (χ2n) is 6.01. The van der Waals surface area contributed by atoms with Crippen molar-refractivity contribution in [3.8, 4) is 6.07 Å². The maximum Gasteiger partial charge on any atom is 0.169 e. The van der Waals surface area contributed by atoms with Crippen LogP contribution in [0.3, 0.4) is 0 Å². The van der Waals surface area contributed by atoms with E-state index in [4.69, 9.17) is 35.4 Å². The molecule has 0 spiro atoms. The Labute approximate surface area is 168 Å². The summed E-state index contributed by atoms with van der Waals surface area (Å²) in [5.74, 6) is 0. The van der Waals surface area contributed by atoms with Gasteiger partial charge >= 0.3 is 0 Å². The van der Waals surface area contributed by atoms with Crippen LogP contribution in [0, 0.1) is 11.3 Å². The fraction of sp³-hybridized carbons (Fsp3) is 0.263. The third kappa shape index (κ3) is 4.39. The van der Waals surface area contributed by atoms with Gasteiger partial charge < -0.3 is 15.1 Å². The topological polar surface area (TPSA) is 42.3 Å². The molecule has 2 aromatic carbocycles. The number of nitriles is 1. The molecule has 26 heavy (non-hydrogen) atoms. The molecule has 7 heteroatoms. The first-order chi connectivity index (χ1) is 12.6. The lowest BCUT2D eigenvalue weighted by molar-refractivity contribution is 0.380. The summed E-state index contributed by atoms with van der Waals surface area (Å²) in [6.45, 7) is 3.88. The molecule has 1 heterocycles. The van der Waals surface area contributed by atoms with Crippen LogP contribution in [-0.2, 0) is 6.54 Å². The number of thiocarbonyl (C=S) groups is 1. The molecule has 4 nitrogen and oxygen atoms in total. The predicted octanol–water partition coefficient (Wildman–Crippen LogP) is 4.06. The summed E-state index contributed by atoms with van der Waals surface area (Å²) in [6, 6.07) is 15.5. The maximum atomic E-state index is 9.27. The van der Waals surface area contributed by atoms with E-state index in [0.717, 1.165) is 42.5 Å². The van der Waals surface area contributed by atoms with E-state index in [2.05, 4.69) is 21.2 Å². The number of hydrogen-bond donors (Lipinski definition) is 1. The van der Waals surface area contributed by atoms with Gasteiger partial charge in [0.25, 0.3) is 0 Å². The number of para-hydroxylation sites is 1. The molecular weight excluding hydrogens is 387 g/mol. The van der Waals surface area contributed by atoms with E-state index in [1.807, 2.05) is 36.4 Å². The zero-order chi connectivity index (χ0) is 18.5. The summed E-state index contributed by atoms with van der Waals surface area (Å²) >= 11 is 17.5. The molecule has 0 unspecified atom stereocenters. The van der Waals surface area contributed by atoms with Crippen molar-refractivity contribution in [1.82, 2.24) is 10.2 Å². The summed E-state index contributed by atoms with van der Waals surface area (Å²) in [5.41, 5.74) is 2.73. The minimum Gasteiger partial charge on any atom is -0.367 e. The van der Waals surface area contributed by atoms with Gasteiger partial charge in [0.2, 0.25) is 0 Å². The number of anilines is 1. The Morgan fingerprint density at radius 2 is 1.81 bits per heavy atom. The Bertz CT molecular complexity index is 842. The molecule has 1 aliphatic rings. The van der Waals surface area contributed by atoms with Crippen LogP contribution in [0.1, 0.15) is 11.1 Å². The Balaban J connectivity index is 1.53. The minimum atomic E-state index is 0.543. The van der Waals surface area contributed by atoms with Crippen molar-refractivity contribution in [2.45, 2.75) is 6.54 Å².